The maximum absolute atomic E-state index is 3.68. The normalized spacial score (nSPS) is 30.3. The third kappa shape index (κ3) is 3.08. The summed E-state index contributed by atoms with van der Waals surface area (Å²) in [7, 11) is 0. The van der Waals surface area contributed by atoms with E-state index in [4.69, 9.17) is 0 Å². The highest BCUT2D eigenvalue weighted by Crippen LogP contribution is 2.41. The highest BCUT2D eigenvalue weighted by atomic mass is 32.2. The fourth-order valence-corrected chi connectivity index (χ4v) is 5.58. The average molecular weight is 332 g/mol. The van der Waals surface area contributed by atoms with Crippen LogP contribution in [0.3, 0.4) is 0 Å². The Morgan fingerprint density at radius 1 is 1.04 bits per heavy atom. The first-order valence-corrected chi connectivity index (χ1v) is 10.2. The molecule has 23 heavy (non-hydrogen) atoms. The van der Waals surface area contributed by atoms with Gasteiger partial charge in [0, 0.05) is 55.1 Å². The molecule has 4 heteroatoms. The highest BCUT2D eigenvalue weighted by molar-refractivity contribution is 7.99. The third-order valence-electron chi connectivity index (χ3n) is 5.88. The number of thioether (sulfide) groups is 1. The minimum Gasteiger partial charge on any atom is -0.370 e. The van der Waals surface area contributed by atoms with Gasteiger partial charge in [-0.15, -0.1) is 0 Å². The number of hydrogen-bond acceptors (Lipinski definition) is 4. The standard InChI is InChI=1S/C19H29N3S/c1-19(2)11-15-12-20-13-18(19)22(14-15)17-5-3-16(4-6-17)21-7-9-23-10-8-21/h3-6,15,18,20H,7-14H2,1-2H3/t15-,18-/m1/s1. The lowest BCUT2D eigenvalue weighted by Gasteiger charge is -2.48. The molecule has 4 heterocycles. The van der Waals surface area contributed by atoms with Crippen LogP contribution >= 0.6 is 11.8 Å². The van der Waals surface area contributed by atoms with Crippen molar-refractivity contribution in [1.29, 1.82) is 0 Å². The van der Waals surface area contributed by atoms with Gasteiger partial charge in [-0.1, -0.05) is 13.8 Å². The molecule has 4 fully saturated rings. The Kier molecular flexibility index (Phi) is 4.22. The monoisotopic (exact) mass is 331 g/mol. The molecule has 0 aromatic heterocycles. The molecular formula is C19H29N3S. The smallest absolute Gasteiger partial charge is 0.0465 e. The van der Waals surface area contributed by atoms with Gasteiger partial charge in [-0.05, 0) is 48.6 Å². The molecule has 3 nitrogen and oxygen atoms in total. The number of hydrogen-bond donors (Lipinski definition) is 1. The fourth-order valence-electron chi connectivity index (χ4n) is 4.68. The summed E-state index contributed by atoms with van der Waals surface area (Å²) in [5, 5.41) is 3.68. The minimum absolute atomic E-state index is 0.398. The Hall–Kier alpha value is -0.870. The predicted octanol–water partition coefficient (Wildman–Crippen LogP) is 3.06. The molecule has 0 unspecified atom stereocenters. The molecule has 2 bridgehead atoms. The molecule has 0 amide bonds. The van der Waals surface area contributed by atoms with Gasteiger partial charge in [0.1, 0.15) is 0 Å². The van der Waals surface area contributed by atoms with Crippen molar-refractivity contribution in [2.24, 2.45) is 11.3 Å². The Labute approximate surface area is 144 Å². The van der Waals surface area contributed by atoms with E-state index in [9.17, 15) is 0 Å². The molecule has 4 aliphatic rings. The molecule has 0 radical (unpaired) electrons. The SMILES string of the molecule is CC1(C)C[C@@H]2CNC[C@H]1N(c1ccc(N3CCSCC3)cc1)C2. The molecule has 2 atom stereocenters. The first-order chi connectivity index (χ1) is 11.1. The maximum atomic E-state index is 3.68. The molecule has 1 aromatic carbocycles. The molecule has 5 rings (SSSR count). The van der Waals surface area contributed by atoms with E-state index in [2.05, 4.69) is 65.0 Å². The summed E-state index contributed by atoms with van der Waals surface area (Å²) in [5.41, 5.74) is 3.20. The van der Waals surface area contributed by atoms with Crippen molar-refractivity contribution >= 4 is 23.1 Å². The van der Waals surface area contributed by atoms with Gasteiger partial charge < -0.3 is 15.1 Å². The molecule has 4 aliphatic heterocycles. The molecule has 0 saturated carbocycles. The second-order valence-corrected chi connectivity index (χ2v) is 9.23. The second-order valence-electron chi connectivity index (χ2n) is 8.00. The number of benzene rings is 1. The zero-order chi connectivity index (χ0) is 15.9. The van der Waals surface area contributed by atoms with Crippen molar-refractivity contribution in [2.75, 3.05) is 54.0 Å². The van der Waals surface area contributed by atoms with E-state index in [1.54, 1.807) is 0 Å². The van der Waals surface area contributed by atoms with Gasteiger partial charge in [-0.2, -0.15) is 11.8 Å². The summed E-state index contributed by atoms with van der Waals surface area (Å²) < 4.78 is 0. The Morgan fingerprint density at radius 2 is 1.74 bits per heavy atom. The molecule has 1 aromatic rings. The van der Waals surface area contributed by atoms with E-state index in [0.29, 0.717) is 11.5 Å². The van der Waals surface area contributed by atoms with Gasteiger partial charge >= 0.3 is 0 Å². The van der Waals surface area contributed by atoms with Crippen molar-refractivity contribution in [3.63, 3.8) is 0 Å². The lowest BCUT2D eigenvalue weighted by Crippen LogP contribution is -2.53. The summed E-state index contributed by atoms with van der Waals surface area (Å²) in [5.74, 6) is 3.30. The fraction of sp³-hybridized carbons (Fsp3) is 0.684. The predicted molar refractivity (Wildman–Crippen MR) is 102 cm³/mol. The molecular weight excluding hydrogens is 302 g/mol. The number of piperidine rings is 1. The van der Waals surface area contributed by atoms with E-state index in [0.717, 1.165) is 12.5 Å². The van der Waals surface area contributed by atoms with Crippen LogP contribution in [0.2, 0.25) is 0 Å². The van der Waals surface area contributed by atoms with Crippen molar-refractivity contribution in [3.8, 4) is 0 Å². The second kappa shape index (κ2) is 6.21. The summed E-state index contributed by atoms with van der Waals surface area (Å²) in [4.78, 5) is 5.20. The molecule has 0 aliphatic carbocycles. The van der Waals surface area contributed by atoms with Crippen LogP contribution in [0.4, 0.5) is 11.4 Å². The summed E-state index contributed by atoms with van der Waals surface area (Å²) in [6, 6.07) is 9.99. The lowest BCUT2D eigenvalue weighted by atomic mass is 9.73. The molecule has 1 N–H and O–H groups in total. The van der Waals surface area contributed by atoms with Crippen LogP contribution in [-0.2, 0) is 0 Å². The topological polar surface area (TPSA) is 18.5 Å². The molecule has 4 saturated heterocycles. The van der Waals surface area contributed by atoms with Gasteiger partial charge in [-0.3, -0.25) is 0 Å². The minimum atomic E-state index is 0.398. The van der Waals surface area contributed by atoms with E-state index in [1.807, 2.05) is 0 Å². The van der Waals surface area contributed by atoms with Crippen LogP contribution in [0.15, 0.2) is 24.3 Å². The summed E-state index contributed by atoms with van der Waals surface area (Å²) >= 11 is 2.07. The number of nitrogens with one attached hydrogen (secondary N) is 1. The largest absolute Gasteiger partial charge is 0.370 e. The van der Waals surface area contributed by atoms with Gasteiger partial charge in [0.05, 0.1) is 0 Å². The van der Waals surface area contributed by atoms with Crippen LogP contribution in [0.5, 0.6) is 0 Å². The Bertz CT molecular complexity index is 536. The van der Waals surface area contributed by atoms with Gasteiger partial charge in [0.2, 0.25) is 0 Å². The van der Waals surface area contributed by atoms with E-state index in [1.165, 1.54) is 55.5 Å². The Balaban J connectivity index is 1.55. The summed E-state index contributed by atoms with van der Waals surface area (Å²) in [6.45, 7) is 10.8. The van der Waals surface area contributed by atoms with Crippen LogP contribution in [-0.4, -0.2) is 50.3 Å². The maximum Gasteiger partial charge on any atom is 0.0465 e. The highest BCUT2D eigenvalue weighted by Gasteiger charge is 2.43. The van der Waals surface area contributed by atoms with Crippen molar-refractivity contribution < 1.29 is 0 Å². The number of anilines is 2. The van der Waals surface area contributed by atoms with E-state index in [-0.39, 0.29) is 0 Å². The van der Waals surface area contributed by atoms with Crippen molar-refractivity contribution in [1.82, 2.24) is 5.32 Å². The summed E-state index contributed by atoms with van der Waals surface area (Å²) in [6.07, 6.45) is 1.35. The zero-order valence-electron chi connectivity index (χ0n) is 14.4. The Morgan fingerprint density at radius 3 is 2.48 bits per heavy atom. The molecule has 0 spiro atoms. The number of fused-ring (bicyclic) bond motifs is 4. The lowest BCUT2D eigenvalue weighted by molar-refractivity contribution is 0.192. The van der Waals surface area contributed by atoms with Gasteiger partial charge in [0.25, 0.3) is 0 Å². The van der Waals surface area contributed by atoms with Gasteiger partial charge in [0.15, 0.2) is 0 Å². The van der Waals surface area contributed by atoms with Crippen LogP contribution in [0, 0.1) is 11.3 Å². The first kappa shape index (κ1) is 15.6. The van der Waals surface area contributed by atoms with Crippen molar-refractivity contribution in [2.45, 2.75) is 26.3 Å². The van der Waals surface area contributed by atoms with Gasteiger partial charge in [-0.25, -0.2) is 0 Å². The van der Waals surface area contributed by atoms with E-state index < -0.39 is 0 Å². The number of nitrogens with zero attached hydrogens (tertiary/aromatic N) is 2. The third-order valence-corrected chi connectivity index (χ3v) is 6.82. The zero-order valence-corrected chi connectivity index (χ0v) is 15.2. The van der Waals surface area contributed by atoms with Crippen molar-refractivity contribution in [3.05, 3.63) is 24.3 Å². The number of rotatable bonds is 2. The molecule has 126 valence electrons. The van der Waals surface area contributed by atoms with Crippen LogP contribution in [0.25, 0.3) is 0 Å². The average Bonchev–Trinajstić information content (AvgIpc) is 2.86. The van der Waals surface area contributed by atoms with E-state index >= 15 is 0 Å². The van der Waals surface area contributed by atoms with Crippen LogP contribution < -0.4 is 15.1 Å². The first-order valence-electron chi connectivity index (χ1n) is 9.04. The quantitative estimate of drug-likeness (QED) is 0.897. The van der Waals surface area contributed by atoms with Crippen LogP contribution in [0.1, 0.15) is 20.3 Å².